The average Bonchev–Trinajstić information content (AvgIpc) is 2.39. The summed E-state index contributed by atoms with van der Waals surface area (Å²) in [6.07, 6.45) is 4.05. The van der Waals surface area contributed by atoms with Crippen LogP contribution < -0.4 is 4.90 Å². The average molecular weight is 288 g/mol. The Morgan fingerprint density at radius 2 is 2.06 bits per heavy atom. The fourth-order valence-corrected chi connectivity index (χ4v) is 2.81. The van der Waals surface area contributed by atoms with Gasteiger partial charge >= 0.3 is 0 Å². The van der Waals surface area contributed by atoms with Crippen molar-refractivity contribution in [2.45, 2.75) is 24.8 Å². The van der Waals surface area contributed by atoms with Gasteiger partial charge in [0.1, 0.15) is 5.82 Å². The molecule has 5 heteroatoms. The number of hydrogen-bond donors (Lipinski definition) is 0. The molecule has 0 aromatic carbocycles. The molecule has 0 N–H and O–H groups in total. The zero-order valence-electron chi connectivity index (χ0n) is 10.9. The third-order valence-electron chi connectivity index (χ3n) is 3.58. The number of nitrogens with zero attached hydrogens (tertiary/aromatic N) is 3. The Hall–Kier alpha value is -0.510. The zero-order valence-corrected chi connectivity index (χ0v) is 12.4. The van der Waals surface area contributed by atoms with E-state index < -0.39 is 0 Å². The van der Waals surface area contributed by atoms with Crippen molar-refractivity contribution in [2.75, 3.05) is 32.1 Å². The van der Waals surface area contributed by atoms with E-state index in [0.717, 1.165) is 24.5 Å². The Kier molecular flexibility index (Phi) is 4.71. The minimum absolute atomic E-state index is 0.433. The predicted octanol–water partition coefficient (Wildman–Crippen LogP) is 3.00. The fourth-order valence-electron chi connectivity index (χ4n) is 2.35. The van der Waals surface area contributed by atoms with Crippen molar-refractivity contribution in [2.24, 2.45) is 0 Å². The molecule has 18 heavy (non-hydrogen) atoms. The van der Waals surface area contributed by atoms with Crippen LogP contribution in [-0.4, -0.2) is 43.1 Å². The van der Waals surface area contributed by atoms with E-state index in [1.807, 2.05) is 6.07 Å². The van der Waals surface area contributed by atoms with Gasteiger partial charge < -0.3 is 9.80 Å². The van der Waals surface area contributed by atoms with E-state index in [1.165, 1.54) is 12.8 Å². The van der Waals surface area contributed by atoms with Crippen LogP contribution in [0.1, 0.15) is 18.4 Å². The zero-order chi connectivity index (χ0) is 13.1. The minimum Gasteiger partial charge on any atom is -0.356 e. The van der Waals surface area contributed by atoms with Crippen molar-refractivity contribution >= 4 is 29.0 Å². The first kappa shape index (κ1) is 13.9. The van der Waals surface area contributed by atoms with E-state index in [2.05, 4.69) is 28.9 Å². The Bertz CT molecular complexity index is 401. The Morgan fingerprint density at radius 1 is 1.39 bits per heavy atom. The molecular weight excluding hydrogens is 269 g/mol. The summed E-state index contributed by atoms with van der Waals surface area (Å²) in [5.74, 6) is 1.43. The molecule has 1 fully saturated rings. The van der Waals surface area contributed by atoms with Crippen LogP contribution in [0, 0.1) is 0 Å². The molecule has 0 radical (unpaired) electrons. The summed E-state index contributed by atoms with van der Waals surface area (Å²) in [5.41, 5.74) is 0.957. The van der Waals surface area contributed by atoms with E-state index in [-0.39, 0.29) is 0 Å². The predicted molar refractivity (Wildman–Crippen MR) is 77.7 cm³/mol. The van der Waals surface area contributed by atoms with E-state index >= 15 is 0 Å². The number of pyridine rings is 1. The molecule has 0 unspecified atom stereocenters. The lowest BCUT2D eigenvalue weighted by Crippen LogP contribution is -2.42. The lowest BCUT2D eigenvalue weighted by molar-refractivity contribution is 0.249. The summed E-state index contributed by atoms with van der Waals surface area (Å²) in [7, 11) is 4.29. The maximum absolute atomic E-state index is 6.03. The molecular formula is C13H19Cl2N3. The normalized spacial score (nSPS) is 17.5. The SMILES string of the molecule is CN(C)C1CCN(c2cc(CCl)c(Cl)cn2)CC1. The molecule has 0 bridgehead atoms. The molecule has 2 heterocycles. The standard InChI is InChI=1S/C13H19Cl2N3/c1-17(2)11-3-5-18(6-4-11)13-7-10(8-14)12(15)9-16-13/h7,9,11H,3-6,8H2,1-2H3. The molecule has 1 aliphatic rings. The van der Waals surface area contributed by atoms with Crippen LogP contribution in [0.2, 0.25) is 5.02 Å². The number of alkyl halides is 1. The topological polar surface area (TPSA) is 19.4 Å². The van der Waals surface area contributed by atoms with Crippen molar-refractivity contribution in [1.82, 2.24) is 9.88 Å². The summed E-state index contributed by atoms with van der Waals surface area (Å²) in [5, 5.41) is 0.650. The van der Waals surface area contributed by atoms with Crippen LogP contribution in [0.4, 0.5) is 5.82 Å². The second-order valence-corrected chi connectivity index (χ2v) is 5.62. The third kappa shape index (κ3) is 3.08. The number of hydrogen-bond acceptors (Lipinski definition) is 3. The van der Waals surface area contributed by atoms with Crippen LogP contribution in [0.15, 0.2) is 12.3 Å². The highest BCUT2D eigenvalue weighted by molar-refractivity contribution is 6.32. The van der Waals surface area contributed by atoms with Crippen molar-refractivity contribution in [3.63, 3.8) is 0 Å². The molecule has 0 amide bonds. The molecule has 1 aromatic rings. The fraction of sp³-hybridized carbons (Fsp3) is 0.615. The molecule has 1 aromatic heterocycles. The number of piperidine rings is 1. The lowest BCUT2D eigenvalue weighted by Gasteiger charge is -2.36. The van der Waals surface area contributed by atoms with Crippen molar-refractivity contribution in [1.29, 1.82) is 0 Å². The number of anilines is 1. The number of rotatable bonds is 3. The van der Waals surface area contributed by atoms with Gasteiger partial charge in [-0.25, -0.2) is 4.98 Å². The van der Waals surface area contributed by atoms with Gasteiger partial charge in [-0.1, -0.05) is 11.6 Å². The van der Waals surface area contributed by atoms with Crippen molar-refractivity contribution < 1.29 is 0 Å². The van der Waals surface area contributed by atoms with Gasteiger partial charge in [0.05, 0.1) is 5.02 Å². The first-order valence-electron chi connectivity index (χ1n) is 6.23. The maximum Gasteiger partial charge on any atom is 0.128 e. The van der Waals surface area contributed by atoms with E-state index in [9.17, 15) is 0 Å². The van der Waals surface area contributed by atoms with E-state index in [4.69, 9.17) is 23.2 Å². The Labute approximate surface area is 119 Å². The van der Waals surface area contributed by atoms with Gasteiger partial charge in [0.25, 0.3) is 0 Å². The van der Waals surface area contributed by atoms with Gasteiger partial charge in [-0.05, 0) is 38.6 Å². The van der Waals surface area contributed by atoms with Gasteiger partial charge in [0, 0.05) is 31.2 Å². The molecule has 0 atom stereocenters. The molecule has 3 nitrogen and oxygen atoms in total. The monoisotopic (exact) mass is 287 g/mol. The smallest absolute Gasteiger partial charge is 0.128 e. The number of aromatic nitrogens is 1. The molecule has 0 spiro atoms. The van der Waals surface area contributed by atoms with Crippen molar-refractivity contribution in [3.8, 4) is 0 Å². The van der Waals surface area contributed by atoms with Crippen LogP contribution >= 0.6 is 23.2 Å². The first-order chi connectivity index (χ1) is 8.61. The summed E-state index contributed by atoms with van der Waals surface area (Å²) in [6, 6.07) is 2.69. The van der Waals surface area contributed by atoms with Crippen LogP contribution in [-0.2, 0) is 5.88 Å². The maximum atomic E-state index is 6.03. The molecule has 2 rings (SSSR count). The molecule has 0 saturated carbocycles. The summed E-state index contributed by atoms with van der Waals surface area (Å²) >= 11 is 11.9. The van der Waals surface area contributed by atoms with Gasteiger partial charge in [0.2, 0.25) is 0 Å². The summed E-state index contributed by atoms with van der Waals surface area (Å²) < 4.78 is 0. The van der Waals surface area contributed by atoms with Gasteiger partial charge in [-0.15, -0.1) is 11.6 Å². The van der Waals surface area contributed by atoms with Gasteiger partial charge in [-0.2, -0.15) is 0 Å². The Balaban J connectivity index is 2.05. The molecule has 1 saturated heterocycles. The number of halogens is 2. The molecule has 0 aliphatic carbocycles. The van der Waals surface area contributed by atoms with Gasteiger partial charge in [-0.3, -0.25) is 0 Å². The van der Waals surface area contributed by atoms with Crippen molar-refractivity contribution in [3.05, 3.63) is 22.8 Å². The second-order valence-electron chi connectivity index (χ2n) is 4.95. The third-order valence-corrected chi connectivity index (χ3v) is 4.21. The van der Waals surface area contributed by atoms with Gasteiger partial charge in [0.15, 0.2) is 0 Å². The minimum atomic E-state index is 0.433. The highest BCUT2D eigenvalue weighted by atomic mass is 35.5. The largest absolute Gasteiger partial charge is 0.356 e. The highest BCUT2D eigenvalue weighted by Gasteiger charge is 2.21. The van der Waals surface area contributed by atoms with Crippen LogP contribution in [0.25, 0.3) is 0 Å². The summed E-state index contributed by atoms with van der Waals surface area (Å²) in [4.78, 5) is 9.02. The quantitative estimate of drug-likeness (QED) is 0.797. The van der Waals surface area contributed by atoms with Crippen LogP contribution in [0.5, 0.6) is 0 Å². The molecule has 1 aliphatic heterocycles. The summed E-state index contributed by atoms with van der Waals surface area (Å²) in [6.45, 7) is 2.08. The second kappa shape index (κ2) is 6.09. The molecule has 100 valence electrons. The Morgan fingerprint density at radius 3 is 2.61 bits per heavy atom. The van der Waals surface area contributed by atoms with E-state index in [0.29, 0.717) is 16.9 Å². The highest BCUT2D eigenvalue weighted by Crippen LogP contribution is 2.25. The first-order valence-corrected chi connectivity index (χ1v) is 7.15. The lowest BCUT2D eigenvalue weighted by atomic mass is 10.0. The van der Waals surface area contributed by atoms with E-state index in [1.54, 1.807) is 6.20 Å². The van der Waals surface area contributed by atoms with Crippen LogP contribution in [0.3, 0.4) is 0 Å².